The first-order valence-electron chi connectivity index (χ1n) is 5.91. The second-order valence-electron chi connectivity index (χ2n) is 4.07. The van der Waals surface area contributed by atoms with Gasteiger partial charge in [0.2, 0.25) is 0 Å². The molecule has 0 bridgehead atoms. The Labute approximate surface area is 110 Å². The molecule has 0 fully saturated rings. The van der Waals surface area contributed by atoms with Crippen LogP contribution in [0.25, 0.3) is 10.7 Å². The minimum Gasteiger partial charge on any atom is -0.263 e. The van der Waals surface area contributed by atoms with Gasteiger partial charge < -0.3 is 0 Å². The molecule has 0 aliphatic heterocycles. The summed E-state index contributed by atoms with van der Waals surface area (Å²) in [7, 11) is 0. The van der Waals surface area contributed by atoms with Crippen LogP contribution in [0.15, 0.2) is 47.8 Å². The lowest BCUT2D eigenvalue weighted by Gasteiger charge is -1.97. The predicted octanol–water partition coefficient (Wildman–Crippen LogP) is 3.32. The summed E-state index contributed by atoms with van der Waals surface area (Å²) in [5, 5.41) is 9.29. The second kappa shape index (κ2) is 5.14. The van der Waals surface area contributed by atoms with E-state index in [4.69, 9.17) is 0 Å². The fourth-order valence-electron chi connectivity index (χ4n) is 1.83. The van der Waals surface area contributed by atoms with Crippen LogP contribution >= 0.6 is 11.3 Å². The largest absolute Gasteiger partial charge is 0.263 e. The standard InChI is InChI=1S/C14H13N3S/c1-2-5-11(6-3-1)8-9-13-15-14(17-16-13)12-7-4-10-18-12/h1-7,10H,8-9H2,(H,15,16,17). The van der Waals surface area contributed by atoms with Crippen molar-refractivity contribution in [3.8, 4) is 10.7 Å². The summed E-state index contributed by atoms with van der Waals surface area (Å²) in [6.45, 7) is 0. The molecule has 3 nitrogen and oxygen atoms in total. The van der Waals surface area contributed by atoms with Gasteiger partial charge in [0.15, 0.2) is 5.82 Å². The van der Waals surface area contributed by atoms with E-state index in [0.29, 0.717) is 0 Å². The lowest BCUT2D eigenvalue weighted by molar-refractivity contribution is 0.865. The number of H-pyrrole nitrogens is 1. The third kappa shape index (κ3) is 2.49. The van der Waals surface area contributed by atoms with Gasteiger partial charge in [0, 0.05) is 6.42 Å². The molecule has 90 valence electrons. The Bertz CT molecular complexity index is 599. The highest BCUT2D eigenvalue weighted by Crippen LogP contribution is 2.20. The van der Waals surface area contributed by atoms with E-state index in [-0.39, 0.29) is 0 Å². The molecule has 0 saturated heterocycles. The molecule has 0 aliphatic carbocycles. The van der Waals surface area contributed by atoms with Crippen molar-refractivity contribution >= 4 is 11.3 Å². The van der Waals surface area contributed by atoms with E-state index in [1.165, 1.54) is 5.56 Å². The summed E-state index contributed by atoms with van der Waals surface area (Å²) in [5.41, 5.74) is 1.33. The van der Waals surface area contributed by atoms with Crippen LogP contribution in [-0.4, -0.2) is 15.2 Å². The van der Waals surface area contributed by atoms with E-state index in [1.54, 1.807) is 11.3 Å². The molecule has 0 atom stereocenters. The van der Waals surface area contributed by atoms with E-state index in [0.717, 1.165) is 29.4 Å². The molecule has 0 radical (unpaired) electrons. The van der Waals surface area contributed by atoms with Gasteiger partial charge in [0.1, 0.15) is 5.82 Å². The van der Waals surface area contributed by atoms with Gasteiger partial charge in [-0.15, -0.1) is 11.3 Å². The number of nitrogens with zero attached hydrogens (tertiary/aromatic N) is 2. The summed E-state index contributed by atoms with van der Waals surface area (Å²) in [5.74, 6) is 1.75. The highest BCUT2D eigenvalue weighted by molar-refractivity contribution is 7.13. The van der Waals surface area contributed by atoms with Crippen molar-refractivity contribution in [1.82, 2.24) is 15.2 Å². The molecule has 2 heterocycles. The molecule has 2 aromatic heterocycles. The van der Waals surface area contributed by atoms with Gasteiger partial charge in [-0.3, -0.25) is 5.10 Å². The SMILES string of the molecule is c1ccc(CCc2nc(-c3cccs3)n[nH]2)cc1. The van der Waals surface area contributed by atoms with Crippen molar-refractivity contribution in [2.75, 3.05) is 0 Å². The fraction of sp³-hybridized carbons (Fsp3) is 0.143. The fourth-order valence-corrected chi connectivity index (χ4v) is 2.49. The maximum Gasteiger partial charge on any atom is 0.191 e. The first kappa shape index (κ1) is 11.2. The smallest absolute Gasteiger partial charge is 0.191 e. The minimum atomic E-state index is 0.799. The summed E-state index contributed by atoms with van der Waals surface area (Å²) >= 11 is 1.66. The molecule has 3 aromatic rings. The van der Waals surface area contributed by atoms with E-state index < -0.39 is 0 Å². The maximum absolute atomic E-state index is 4.51. The number of aromatic amines is 1. The van der Waals surface area contributed by atoms with E-state index in [1.807, 2.05) is 23.6 Å². The maximum atomic E-state index is 4.51. The summed E-state index contributed by atoms with van der Waals surface area (Å²) in [4.78, 5) is 5.62. The molecule has 0 amide bonds. The number of hydrogen-bond acceptors (Lipinski definition) is 3. The monoisotopic (exact) mass is 255 g/mol. The normalized spacial score (nSPS) is 10.7. The number of aromatic nitrogens is 3. The molecule has 0 saturated carbocycles. The van der Waals surface area contributed by atoms with Crippen LogP contribution in [0.4, 0.5) is 0 Å². The topological polar surface area (TPSA) is 41.6 Å². The van der Waals surface area contributed by atoms with Crippen molar-refractivity contribution in [3.05, 3.63) is 59.2 Å². The van der Waals surface area contributed by atoms with Crippen LogP contribution < -0.4 is 0 Å². The summed E-state index contributed by atoms with van der Waals surface area (Å²) in [6.07, 6.45) is 1.88. The van der Waals surface area contributed by atoms with Gasteiger partial charge in [0.25, 0.3) is 0 Å². The summed E-state index contributed by atoms with van der Waals surface area (Å²) < 4.78 is 0. The van der Waals surface area contributed by atoms with Crippen molar-refractivity contribution in [2.45, 2.75) is 12.8 Å². The van der Waals surface area contributed by atoms with E-state index in [2.05, 4.69) is 39.4 Å². The minimum absolute atomic E-state index is 0.799. The first-order chi connectivity index (χ1) is 8.92. The molecule has 0 unspecified atom stereocenters. The molecule has 4 heteroatoms. The van der Waals surface area contributed by atoms with Crippen molar-refractivity contribution in [2.24, 2.45) is 0 Å². The lowest BCUT2D eigenvalue weighted by Crippen LogP contribution is -1.93. The molecular formula is C14H13N3S. The Balaban J connectivity index is 1.68. The third-order valence-electron chi connectivity index (χ3n) is 2.77. The molecule has 3 rings (SSSR count). The van der Waals surface area contributed by atoms with Crippen LogP contribution in [-0.2, 0) is 12.8 Å². The zero-order valence-corrected chi connectivity index (χ0v) is 10.7. The number of aryl methyl sites for hydroxylation is 2. The number of thiophene rings is 1. The van der Waals surface area contributed by atoms with Crippen LogP contribution in [0.2, 0.25) is 0 Å². The zero-order valence-electron chi connectivity index (χ0n) is 9.84. The van der Waals surface area contributed by atoms with Crippen molar-refractivity contribution < 1.29 is 0 Å². The molecule has 18 heavy (non-hydrogen) atoms. The quantitative estimate of drug-likeness (QED) is 0.777. The molecular weight excluding hydrogens is 242 g/mol. The van der Waals surface area contributed by atoms with Gasteiger partial charge in [-0.05, 0) is 23.4 Å². The van der Waals surface area contributed by atoms with E-state index >= 15 is 0 Å². The van der Waals surface area contributed by atoms with Crippen LogP contribution in [0, 0.1) is 0 Å². The average Bonchev–Trinajstić information content (AvgIpc) is 3.08. The van der Waals surface area contributed by atoms with Crippen LogP contribution in [0.5, 0.6) is 0 Å². The van der Waals surface area contributed by atoms with Crippen molar-refractivity contribution in [1.29, 1.82) is 0 Å². The third-order valence-corrected chi connectivity index (χ3v) is 3.63. The van der Waals surface area contributed by atoms with Crippen molar-refractivity contribution in [3.63, 3.8) is 0 Å². The Hall–Kier alpha value is -1.94. The average molecular weight is 255 g/mol. The Kier molecular flexibility index (Phi) is 3.19. The second-order valence-corrected chi connectivity index (χ2v) is 5.02. The number of benzene rings is 1. The Morgan fingerprint density at radius 3 is 2.67 bits per heavy atom. The van der Waals surface area contributed by atoms with Gasteiger partial charge >= 0.3 is 0 Å². The number of rotatable bonds is 4. The lowest BCUT2D eigenvalue weighted by atomic mass is 10.1. The summed E-state index contributed by atoms with van der Waals surface area (Å²) in [6, 6.07) is 14.5. The van der Waals surface area contributed by atoms with Gasteiger partial charge in [-0.1, -0.05) is 36.4 Å². The number of nitrogens with one attached hydrogen (secondary N) is 1. The highest BCUT2D eigenvalue weighted by Gasteiger charge is 2.06. The molecule has 1 aromatic carbocycles. The molecule has 1 N–H and O–H groups in total. The van der Waals surface area contributed by atoms with Crippen LogP contribution in [0.1, 0.15) is 11.4 Å². The van der Waals surface area contributed by atoms with Gasteiger partial charge in [-0.2, -0.15) is 5.10 Å². The highest BCUT2D eigenvalue weighted by atomic mass is 32.1. The van der Waals surface area contributed by atoms with Gasteiger partial charge in [-0.25, -0.2) is 4.98 Å². The number of hydrogen-bond donors (Lipinski definition) is 1. The van der Waals surface area contributed by atoms with E-state index in [9.17, 15) is 0 Å². The predicted molar refractivity (Wildman–Crippen MR) is 73.5 cm³/mol. The zero-order chi connectivity index (χ0) is 12.2. The van der Waals surface area contributed by atoms with Crippen LogP contribution in [0.3, 0.4) is 0 Å². The Morgan fingerprint density at radius 1 is 1.00 bits per heavy atom. The van der Waals surface area contributed by atoms with Gasteiger partial charge in [0.05, 0.1) is 4.88 Å². The molecule has 0 spiro atoms. The first-order valence-corrected chi connectivity index (χ1v) is 6.79. The Morgan fingerprint density at radius 2 is 1.89 bits per heavy atom. The molecule has 0 aliphatic rings.